The van der Waals surface area contributed by atoms with Gasteiger partial charge in [0.1, 0.15) is 5.76 Å². The summed E-state index contributed by atoms with van der Waals surface area (Å²) in [6.45, 7) is 3.81. The normalized spacial score (nSPS) is 15.5. The summed E-state index contributed by atoms with van der Waals surface area (Å²) in [5, 5.41) is 0.365. The first-order valence-electron chi connectivity index (χ1n) is 12.2. The average Bonchev–Trinajstić information content (AvgIpc) is 2.87. The first-order valence-corrected chi connectivity index (χ1v) is 12.9. The van der Waals surface area contributed by atoms with Gasteiger partial charge in [0.15, 0.2) is 0 Å². The highest BCUT2D eigenvalue weighted by Crippen LogP contribution is 2.37. The minimum Gasteiger partial charge on any atom is -0.498 e. The SMILES string of the molecule is COC(=O)/C=C1\C=CC=C(OCCCN(Cc2cccc(C(F)(F)F)c2Cl)CC(C)c2ccccc2Cl)C1. The molecule has 2 aromatic rings. The predicted molar refractivity (Wildman–Crippen MR) is 144 cm³/mol. The molecule has 0 spiro atoms. The van der Waals surface area contributed by atoms with E-state index in [0.717, 1.165) is 23.0 Å². The number of ether oxygens (including phenoxy) is 2. The minimum absolute atomic E-state index is 0.0337. The molecule has 204 valence electrons. The number of alkyl halides is 3. The minimum atomic E-state index is -4.53. The first-order chi connectivity index (χ1) is 18.1. The second-order valence-corrected chi connectivity index (χ2v) is 9.83. The number of carbonyl (C=O) groups excluding carboxylic acids is 1. The molecule has 2 aromatic carbocycles. The quantitative estimate of drug-likeness (QED) is 0.157. The lowest BCUT2D eigenvalue weighted by atomic mass is 10.00. The van der Waals surface area contributed by atoms with Crippen molar-refractivity contribution in [3.63, 3.8) is 0 Å². The van der Waals surface area contributed by atoms with Crippen molar-refractivity contribution in [2.45, 2.75) is 38.4 Å². The van der Waals surface area contributed by atoms with Gasteiger partial charge >= 0.3 is 12.1 Å². The van der Waals surface area contributed by atoms with Gasteiger partial charge < -0.3 is 9.47 Å². The van der Waals surface area contributed by atoms with E-state index in [1.54, 1.807) is 12.1 Å². The van der Waals surface area contributed by atoms with E-state index in [1.165, 1.54) is 19.3 Å². The summed E-state index contributed by atoms with van der Waals surface area (Å²) in [6.07, 6.45) is 3.46. The Morgan fingerprint density at radius 3 is 2.63 bits per heavy atom. The Balaban J connectivity index is 1.68. The number of hydrogen-bond donors (Lipinski definition) is 0. The maximum atomic E-state index is 13.4. The Kier molecular flexibility index (Phi) is 10.9. The summed E-state index contributed by atoms with van der Waals surface area (Å²) in [4.78, 5) is 13.6. The molecule has 0 aliphatic heterocycles. The van der Waals surface area contributed by atoms with Gasteiger partial charge in [0.25, 0.3) is 0 Å². The summed E-state index contributed by atoms with van der Waals surface area (Å²) < 4.78 is 50.8. The van der Waals surface area contributed by atoms with Crippen LogP contribution in [0.15, 0.2) is 78.1 Å². The van der Waals surface area contributed by atoms with Gasteiger partial charge in [-0.25, -0.2) is 4.79 Å². The van der Waals surface area contributed by atoms with E-state index in [9.17, 15) is 18.0 Å². The molecule has 0 saturated carbocycles. The zero-order valence-corrected chi connectivity index (χ0v) is 22.7. The van der Waals surface area contributed by atoms with Gasteiger partial charge in [-0.3, -0.25) is 4.90 Å². The number of halogens is 5. The molecule has 0 bridgehead atoms. The second kappa shape index (κ2) is 13.9. The summed E-state index contributed by atoms with van der Waals surface area (Å²) >= 11 is 12.6. The highest BCUT2D eigenvalue weighted by Gasteiger charge is 2.34. The maximum Gasteiger partial charge on any atom is 0.417 e. The van der Waals surface area contributed by atoms with Gasteiger partial charge in [-0.05, 0) is 47.2 Å². The van der Waals surface area contributed by atoms with Gasteiger partial charge in [-0.15, -0.1) is 0 Å². The van der Waals surface area contributed by atoms with Gasteiger partial charge in [-0.1, -0.05) is 72.6 Å². The number of allylic oxidation sites excluding steroid dienone is 4. The number of hydrogen-bond acceptors (Lipinski definition) is 4. The lowest BCUT2D eigenvalue weighted by molar-refractivity contribution is -0.137. The molecule has 1 unspecified atom stereocenters. The summed E-state index contributed by atoms with van der Waals surface area (Å²) in [5.41, 5.74) is 1.32. The number of methoxy groups -OCH3 is 1. The zero-order valence-electron chi connectivity index (χ0n) is 21.2. The van der Waals surface area contributed by atoms with Gasteiger partial charge in [0.05, 0.1) is 24.3 Å². The van der Waals surface area contributed by atoms with E-state index in [4.69, 9.17) is 27.9 Å². The molecule has 0 radical (unpaired) electrons. The van der Waals surface area contributed by atoms with E-state index < -0.39 is 17.7 Å². The van der Waals surface area contributed by atoms with Crippen molar-refractivity contribution in [2.24, 2.45) is 0 Å². The summed E-state index contributed by atoms with van der Waals surface area (Å²) in [7, 11) is 1.32. The Bertz CT molecular complexity index is 1210. The average molecular weight is 568 g/mol. The standard InChI is InChI=1S/C29H30Cl2F3NO3/c1-20(24-11-3-4-13-26(24)30)18-35(19-22-9-6-12-25(28(22)31)29(32,33)34)14-7-15-38-23-10-5-8-21(16-23)17-27(36)37-2/h3-6,8-13,17,20H,7,14-16,18-19H2,1-2H3/b21-17+. The van der Waals surface area contributed by atoms with E-state index >= 15 is 0 Å². The molecular weight excluding hydrogens is 538 g/mol. The van der Waals surface area contributed by atoms with E-state index in [-0.39, 0.29) is 17.5 Å². The molecule has 38 heavy (non-hydrogen) atoms. The lowest BCUT2D eigenvalue weighted by Gasteiger charge is -2.27. The Hall–Kier alpha value is -2.74. The molecule has 0 amide bonds. The van der Waals surface area contributed by atoms with E-state index in [1.807, 2.05) is 43.3 Å². The Morgan fingerprint density at radius 2 is 1.92 bits per heavy atom. The van der Waals surface area contributed by atoms with Gasteiger partial charge in [0.2, 0.25) is 0 Å². The molecule has 4 nitrogen and oxygen atoms in total. The van der Waals surface area contributed by atoms with Crippen molar-refractivity contribution in [2.75, 3.05) is 26.8 Å². The van der Waals surface area contributed by atoms with Crippen LogP contribution in [0.2, 0.25) is 10.0 Å². The molecule has 0 N–H and O–H groups in total. The van der Waals surface area contributed by atoms with Crippen molar-refractivity contribution in [3.8, 4) is 0 Å². The molecule has 3 rings (SSSR count). The number of nitrogens with zero attached hydrogens (tertiary/aromatic N) is 1. The fourth-order valence-electron chi connectivity index (χ4n) is 4.26. The predicted octanol–water partition coefficient (Wildman–Crippen LogP) is 7.97. The molecule has 0 heterocycles. The molecule has 0 saturated heterocycles. The number of carbonyl (C=O) groups is 1. The third-order valence-electron chi connectivity index (χ3n) is 6.13. The smallest absolute Gasteiger partial charge is 0.417 e. The molecule has 9 heteroatoms. The fraction of sp³-hybridized carbons (Fsp3) is 0.345. The molecule has 1 aliphatic rings. The van der Waals surface area contributed by atoms with Crippen LogP contribution in [0.25, 0.3) is 0 Å². The van der Waals surface area contributed by atoms with Crippen molar-refractivity contribution < 1.29 is 27.4 Å². The van der Waals surface area contributed by atoms with Crippen LogP contribution < -0.4 is 0 Å². The van der Waals surface area contributed by atoms with Gasteiger partial charge in [0, 0.05) is 37.2 Å². The molecular formula is C29H30Cl2F3NO3. The highest BCUT2D eigenvalue weighted by molar-refractivity contribution is 6.32. The third-order valence-corrected chi connectivity index (χ3v) is 6.92. The summed E-state index contributed by atoms with van der Waals surface area (Å²) in [5.74, 6) is 0.327. The Labute approximate surface area is 231 Å². The summed E-state index contributed by atoms with van der Waals surface area (Å²) in [6, 6.07) is 11.5. The molecule has 1 atom stereocenters. The van der Waals surface area contributed by atoms with Crippen molar-refractivity contribution in [3.05, 3.63) is 105 Å². The first kappa shape index (κ1) is 29.8. The highest BCUT2D eigenvalue weighted by atomic mass is 35.5. The van der Waals surface area contributed by atoms with Crippen LogP contribution in [-0.2, 0) is 27.0 Å². The maximum absolute atomic E-state index is 13.4. The molecule has 1 aliphatic carbocycles. The van der Waals surface area contributed by atoms with Crippen molar-refractivity contribution in [1.82, 2.24) is 4.90 Å². The van der Waals surface area contributed by atoms with Crippen molar-refractivity contribution in [1.29, 1.82) is 0 Å². The van der Waals surface area contributed by atoms with Gasteiger partial charge in [-0.2, -0.15) is 13.2 Å². The van der Waals surface area contributed by atoms with Crippen LogP contribution in [0.5, 0.6) is 0 Å². The number of esters is 1. The topological polar surface area (TPSA) is 38.8 Å². The second-order valence-electron chi connectivity index (χ2n) is 9.05. The van der Waals surface area contributed by atoms with Crippen LogP contribution in [0.3, 0.4) is 0 Å². The van der Waals surface area contributed by atoms with E-state index in [0.29, 0.717) is 43.1 Å². The van der Waals surface area contributed by atoms with Crippen LogP contribution in [0.1, 0.15) is 42.4 Å². The Morgan fingerprint density at radius 1 is 1.16 bits per heavy atom. The third kappa shape index (κ3) is 8.65. The zero-order chi connectivity index (χ0) is 27.7. The van der Waals surface area contributed by atoms with Crippen LogP contribution in [-0.4, -0.2) is 37.7 Å². The molecule has 0 aromatic heterocycles. The number of benzene rings is 2. The number of rotatable bonds is 11. The lowest BCUT2D eigenvalue weighted by Crippen LogP contribution is -2.29. The van der Waals surface area contributed by atoms with Crippen molar-refractivity contribution >= 4 is 29.2 Å². The van der Waals surface area contributed by atoms with Crippen LogP contribution >= 0.6 is 23.2 Å². The fourth-order valence-corrected chi connectivity index (χ4v) is 4.87. The van der Waals surface area contributed by atoms with Crippen LogP contribution in [0, 0.1) is 0 Å². The van der Waals surface area contributed by atoms with E-state index in [2.05, 4.69) is 9.64 Å². The van der Waals surface area contributed by atoms with Crippen LogP contribution in [0.4, 0.5) is 13.2 Å². The largest absolute Gasteiger partial charge is 0.498 e. The molecule has 0 fully saturated rings. The monoisotopic (exact) mass is 567 g/mol.